The van der Waals surface area contributed by atoms with Crippen molar-refractivity contribution in [1.82, 2.24) is 0 Å². The standard InChI is InChI=1S/C10H9N.C6H13NO2/c11-10-6-5-8-3-1-2-4-9(8)7-10;1-4(2)3-5(7)6(8)9/h1-7H,11H2;4-5H,3,7H2,1-2H3,(H,8,9). The molecule has 0 saturated carbocycles. The second kappa shape index (κ2) is 7.50. The highest BCUT2D eigenvalue weighted by Gasteiger charge is 2.11. The van der Waals surface area contributed by atoms with Crippen molar-refractivity contribution >= 4 is 22.4 Å². The Morgan fingerprint density at radius 1 is 1.15 bits per heavy atom. The molecule has 0 bridgehead atoms. The van der Waals surface area contributed by atoms with Gasteiger partial charge in [0, 0.05) is 5.69 Å². The van der Waals surface area contributed by atoms with Crippen LogP contribution in [0.15, 0.2) is 42.5 Å². The largest absolute Gasteiger partial charge is 0.480 e. The number of hydrogen-bond donors (Lipinski definition) is 3. The number of aliphatic carboxylic acids is 1. The molecule has 0 fully saturated rings. The van der Waals surface area contributed by atoms with E-state index in [0.717, 1.165) is 5.69 Å². The van der Waals surface area contributed by atoms with Crippen LogP contribution >= 0.6 is 0 Å². The molecule has 2 aromatic carbocycles. The van der Waals surface area contributed by atoms with E-state index >= 15 is 0 Å². The number of rotatable bonds is 3. The van der Waals surface area contributed by atoms with Crippen LogP contribution in [-0.4, -0.2) is 17.1 Å². The lowest BCUT2D eigenvalue weighted by molar-refractivity contribution is -0.138. The van der Waals surface area contributed by atoms with Crippen molar-refractivity contribution in [3.05, 3.63) is 42.5 Å². The van der Waals surface area contributed by atoms with Gasteiger partial charge >= 0.3 is 5.97 Å². The van der Waals surface area contributed by atoms with E-state index in [1.54, 1.807) is 0 Å². The van der Waals surface area contributed by atoms with Crippen molar-refractivity contribution in [1.29, 1.82) is 0 Å². The Labute approximate surface area is 119 Å². The van der Waals surface area contributed by atoms with Gasteiger partial charge in [-0.2, -0.15) is 0 Å². The summed E-state index contributed by atoms with van der Waals surface area (Å²) in [6, 6.07) is 13.4. The molecule has 0 aliphatic heterocycles. The molecule has 4 nitrogen and oxygen atoms in total. The SMILES string of the molecule is CC(C)CC(N)C(=O)O.Nc1ccc2ccccc2c1. The highest BCUT2D eigenvalue weighted by molar-refractivity contribution is 5.85. The molecular formula is C16H22N2O2. The van der Waals surface area contributed by atoms with E-state index in [4.69, 9.17) is 16.6 Å². The number of hydrogen-bond acceptors (Lipinski definition) is 3. The van der Waals surface area contributed by atoms with Gasteiger partial charge in [-0.3, -0.25) is 4.79 Å². The lowest BCUT2D eigenvalue weighted by Gasteiger charge is -2.07. The first-order valence-electron chi connectivity index (χ1n) is 6.62. The van der Waals surface area contributed by atoms with E-state index < -0.39 is 12.0 Å². The zero-order chi connectivity index (χ0) is 15.1. The number of anilines is 1. The molecule has 0 radical (unpaired) electrons. The summed E-state index contributed by atoms with van der Waals surface area (Å²) in [6.45, 7) is 3.89. The fourth-order valence-electron chi connectivity index (χ4n) is 1.82. The van der Waals surface area contributed by atoms with E-state index in [0.29, 0.717) is 12.3 Å². The molecule has 108 valence electrons. The molecule has 0 spiro atoms. The maximum atomic E-state index is 10.1. The van der Waals surface area contributed by atoms with Crippen LogP contribution in [0.3, 0.4) is 0 Å². The van der Waals surface area contributed by atoms with Crippen LogP contribution in [0, 0.1) is 5.92 Å². The molecule has 0 aliphatic rings. The first kappa shape index (κ1) is 16.0. The minimum atomic E-state index is -0.913. The Bertz CT molecular complexity index is 567. The van der Waals surface area contributed by atoms with Gasteiger partial charge in [0.1, 0.15) is 6.04 Å². The summed E-state index contributed by atoms with van der Waals surface area (Å²) >= 11 is 0. The maximum absolute atomic E-state index is 10.1. The van der Waals surface area contributed by atoms with E-state index in [1.165, 1.54) is 10.8 Å². The predicted octanol–water partition coefficient (Wildman–Crippen LogP) is 2.87. The van der Waals surface area contributed by atoms with E-state index in [1.807, 2.05) is 44.2 Å². The number of carboxylic acid groups (broad SMARTS) is 1. The monoisotopic (exact) mass is 274 g/mol. The van der Waals surface area contributed by atoms with Crippen molar-refractivity contribution in [3.63, 3.8) is 0 Å². The molecule has 0 aliphatic carbocycles. The smallest absolute Gasteiger partial charge is 0.320 e. The highest BCUT2D eigenvalue weighted by Crippen LogP contribution is 2.15. The molecule has 0 aromatic heterocycles. The third-order valence-corrected chi connectivity index (χ3v) is 2.82. The second-order valence-corrected chi connectivity index (χ2v) is 5.18. The average Bonchev–Trinajstić information content (AvgIpc) is 2.38. The zero-order valence-corrected chi connectivity index (χ0v) is 11.9. The molecule has 5 N–H and O–H groups in total. The van der Waals surface area contributed by atoms with Gasteiger partial charge in [-0.25, -0.2) is 0 Å². The molecule has 1 unspecified atom stereocenters. The van der Waals surface area contributed by atoms with Gasteiger partial charge in [0.05, 0.1) is 0 Å². The van der Waals surface area contributed by atoms with Crippen LogP contribution in [0.4, 0.5) is 5.69 Å². The molecule has 1 atom stereocenters. The van der Waals surface area contributed by atoms with E-state index in [-0.39, 0.29) is 0 Å². The molecule has 2 rings (SSSR count). The predicted molar refractivity (Wildman–Crippen MR) is 83.4 cm³/mol. The summed E-state index contributed by atoms with van der Waals surface area (Å²) in [5.41, 5.74) is 11.7. The summed E-state index contributed by atoms with van der Waals surface area (Å²) in [5, 5.41) is 10.7. The van der Waals surface area contributed by atoms with Gasteiger partial charge in [-0.05, 0) is 35.2 Å². The maximum Gasteiger partial charge on any atom is 0.320 e. The Kier molecular flexibility index (Phi) is 6.00. The number of carbonyl (C=O) groups is 1. The third-order valence-electron chi connectivity index (χ3n) is 2.82. The van der Waals surface area contributed by atoms with Crippen molar-refractivity contribution in [2.45, 2.75) is 26.3 Å². The Balaban J connectivity index is 0.000000206. The van der Waals surface area contributed by atoms with Crippen molar-refractivity contribution < 1.29 is 9.90 Å². The zero-order valence-electron chi connectivity index (χ0n) is 11.9. The van der Waals surface area contributed by atoms with Gasteiger partial charge in [-0.15, -0.1) is 0 Å². The molecule has 20 heavy (non-hydrogen) atoms. The first-order chi connectivity index (χ1) is 9.40. The van der Waals surface area contributed by atoms with Gasteiger partial charge in [-0.1, -0.05) is 44.2 Å². The molecule has 0 heterocycles. The molecule has 2 aromatic rings. The minimum Gasteiger partial charge on any atom is -0.480 e. The van der Waals surface area contributed by atoms with Crippen LogP contribution in [0.5, 0.6) is 0 Å². The second-order valence-electron chi connectivity index (χ2n) is 5.18. The Morgan fingerprint density at radius 2 is 1.75 bits per heavy atom. The summed E-state index contributed by atoms with van der Waals surface area (Å²) in [6.07, 6.45) is 0.551. The van der Waals surface area contributed by atoms with Gasteiger partial charge in [0.15, 0.2) is 0 Å². The van der Waals surface area contributed by atoms with Gasteiger partial charge in [0.2, 0.25) is 0 Å². The number of carboxylic acids is 1. The molecule has 0 saturated heterocycles. The quantitative estimate of drug-likeness (QED) is 0.751. The minimum absolute atomic E-state index is 0.357. The molecule has 0 amide bonds. The summed E-state index contributed by atoms with van der Waals surface area (Å²) in [5.74, 6) is -0.556. The normalized spacial score (nSPS) is 11.8. The topological polar surface area (TPSA) is 89.3 Å². The van der Waals surface area contributed by atoms with Crippen molar-refractivity contribution in [2.24, 2.45) is 11.7 Å². The van der Waals surface area contributed by atoms with Crippen LogP contribution in [0.2, 0.25) is 0 Å². The number of benzene rings is 2. The van der Waals surface area contributed by atoms with E-state index in [2.05, 4.69) is 12.1 Å². The lowest BCUT2D eigenvalue weighted by atomic mass is 10.1. The van der Waals surface area contributed by atoms with Crippen LogP contribution in [-0.2, 0) is 4.79 Å². The fourth-order valence-corrected chi connectivity index (χ4v) is 1.82. The Hall–Kier alpha value is -2.07. The third kappa shape index (κ3) is 5.28. The Morgan fingerprint density at radius 3 is 2.25 bits per heavy atom. The van der Waals surface area contributed by atoms with Gasteiger partial charge in [0.25, 0.3) is 0 Å². The van der Waals surface area contributed by atoms with Crippen molar-refractivity contribution in [3.8, 4) is 0 Å². The van der Waals surface area contributed by atoms with Crippen LogP contribution in [0.25, 0.3) is 10.8 Å². The molecule has 4 heteroatoms. The van der Waals surface area contributed by atoms with E-state index in [9.17, 15) is 4.79 Å². The highest BCUT2D eigenvalue weighted by atomic mass is 16.4. The first-order valence-corrected chi connectivity index (χ1v) is 6.62. The van der Waals surface area contributed by atoms with Crippen molar-refractivity contribution in [2.75, 3.05) is 5.73 Å². The summed E-state index contributed by atoms with van der Waals surface area (Å²) in [4.78, 5) is 10.1. The number of fused-ring (bicyclic) bond motifs is 1. The number of nitrogens with two attached hydrogens (primary N) is 2. The lowest BCUT2D eigenvalue weighted by Crippen LogP contribution is -2.31. The molecular weight excluding hydrogens is 252 g/mol. The van der Waals surface area contributed by atoms with Crippen LogP contribution < -0.4 is 11.5 Å². The van der Waals surface area contributed by atoms with Gasteiger partial charge < -0.3 is 16.6 Å². The number of nitrogen functional groups attached to an aromatic ring is 1. The summed E-state index contributed by atoms with van der Waals surface area (Å²) < 4.78 is 0. The van der Waals surface area contributed by atoms with Crippen LogP contribution in [0.1, 0.15) is 20.3 Å². The summed E-state index contributed by atoms with van der Waals surface area (Å²) in [7, 11) is 0. The fraction of sp³-hybridized carbons (Fsp3) is 0.312. The average molecular weight is 274 g/mol.